The molecule has 0 spiro atoms. The van der Waals surface area contributed by atoms with Gasteiger partial charge in [-0.3, -0.25) is 4.79 Å². The number of benzene rings is 2. The van der Waals surface area contributed by atoms with Crippen molar-refractivity contribution in [2.75, 3.05) is 12.5 Å². The largest absolute Gasteiger partial charge is 0.454 e. The summed E-state index contributed by atoms with van der Waals surface area (Å²) in [6.45, 7) is 0.640. The van der Waals surface area contributed by atoms with Gasteiger partial charge in [-0.25, -0.2) is 5.10 Å². The highest BCUT2D eigenvalue weighted by Gasteiger charge is 2.14. The van der Waals surface area contributed by atoms with Crippen LogP contribution in [0.15, 0.2) is 47.6 Å². The number of fused-ring (bicyclic) bond motifs is 1. The molecule has 0 aliphatic carbocycles. The number of carbonyl (C=O) groups excluding carboxylic acids is 1. The molecule has 0 unspecified atom stereocenters. The number of hydrogen-bond donors (Lipinski definition) is 3. The average Bonchev–Trinajstić information content (AvgIpc) is 3.32. The quantitative estimate of drug-likeness (QED) is 0.560. The van der Waals surface area contributed by atoms with Gasteiger partial charge in [0, 0.05) is 17.9 Å². The van der Waals surface area contributed by atoms with Gasteiger partial charge in [-0.2, -0.15) is 4.98 Å². The van der Waals surface area contributed by atoms with Gasteiger partial charge < -0.3 is 20.5 Å². The fourth-order valence-corrected chi connectivity index (χ4v) is 3.36. The number of amides is 1. The van der Waals surface area contributed by atoms with Gasteiger partial charge in [0.1, 0.15) is 0 Å². The molecule has 2 heterocycles. The Morgan fingerprint density at radius 1 is 1.19 bits per heavy atom. The number of thioether (sulfide) groups is 1. The lowest BCUT2D eigenvalue weighted by molar-refractivity contribution is 0.0950. The van der Waals surface area contributed by atoms with Crippen molar-refractivity contribution in [2.45, 2.75) is 17.5 Å². The Hall–Kier alpha value is -3.20. The molecule has 9 heteroatoms. The molecule has 1 aliphatic heterocycles. The van der Waals surface area contributed by atoms with E-state index in [-0.39, 0.29) is 18.6 Å². The summed E-state index contributed by atoms with van der Waals surface area (Å²) in [5.41, 5.74) is 8.06. The van der Waals surface area contributed by atoms with E-state index in [2.05, 4.69) is 20.5 Å². The van der Waals surface area contributed by atoms with Crippen LogP contribution in [0.1, 0.15) is 21.5 Å². The lowest BCUT2D eigenvalue weighted by Gasteiger charge is -2.08. The summed E-state index contributed by atoms with van der Waals surface area (Å²) in [5.74, 6) is 2.22. The van der Waals surface area contributed by atoms with Gasteiger partial charge in [-0.15, -0.1) is 5.10 Å². The zero-order valence-electron chi connectivity index (χ0n) is 14.3. The van der Waals surface area contributed by atoms with E-state index in [0.717, 1.165) is 16.9 Å². The summed E-state index contributed by atoms with van der Waals surface area (Å²) in [7, 11) is 0. The van der Waals surface area contributed by atoms with E-state index >= 15 is 0 Å². The van der Waals surface area contributed by atoms with Crippen LogP contribution in [0.3, 0.4) is 0 Å². The molecule has 4 rings (SSSR count). The highest BCUT2D eigenvalue weighted by Crippen LogP contribution is 2.32. The van der Waals surface area contributed by atoms with Crippen molar-refractivity contribution in [3.05, 3.63) is 59.2 Å². The SMILES string of the molecule is Nc1nc(SCc2cccc(C(=O)NCc3ccc4c(c3)OCO4)c2)n[nH]1. The third kappa shape index (κ3) is 4.14. The summed E-state index contributed by atoms with van der Waals surface area (Å²) in [6, 6.07) is 13.1. The summed E-state index contributed by atoms with van der Waals surface area (Å²) in [5, 5.41) is 10.1. The number of aromatic nitrogens is 3. The molecular formula is C18H17N5O3S. The monoisotopic (exact) mass is 383 g/mol. The number of ether oxygens (including phenoxy) is 2. The van der Waals surface area contributed by atoms with Crippen LogP contribution in [0, 0.1) is 0 Å². The second-order valence-corrected chi connectivity index (χ2v) is 6.81. The number of nitrogen functional groups attached to an aromatic ring is 1. The second-order valence-electron chi connectivity index (χ2n) is 5.86. The molecule has 8 nitrogen and oxygen atoms in total. The molecule has 2 aromatic carbocycles. The molecular weight excluding hydrogens is 366 g/mol. The number of H-pyrrole nitrogens is 1. The van der Waals surface area contributed by atoms with Crippen molar-refractivity contribution in [1.29, 1.82) is 0 Å². The maximum Gasteiger partial charge on any atom is 0.251 e. The molecule has 0 atom stereocenters. The summed E-state index contributed by atoms with van der Waals surface area (Å²) in [4.78, 5) is 16.5. The van der Waals surface area contributed by atoms with Gasteiger partial charge in [0.2, 0.25) is 17.9 Å². The van der Waals surface area contributed by atoms with Crippen molar-refractivity contribution in [3.8, 4) is 11.5 Å². The first-order chi connectivity index (χ1) is 13.2. The number of rotatable bonds is 6. The van der Waals surface area contributed by atoms with Crippen molar-refractivity contribution >= 4 is 23.6 Å². The zero-order valence-corrected chi connectivity index (χ0v) is 15.1. The Labute approximate surface area is 159 Å². The van der Waals surface area contributed by atoms with E-state index in [1.54, 1.807) is 6.07 Å². The third-order valence-corrected chi connectivity index (χ3v) is 4.85. The number of nitrogens with two attached hydrogens (primary N) is 1. The Morgan fingerprint density at radius 2 is 2.07 bits per heavy atom. The standard InChI is InChI=1S/C18H17N5O3S/c19-17-21-18(23-22-17)27-9-12-2-1-3-13(6-12)16(24)20-8-11-4-5-14-15(7-11)26-10-25-14/h1-7H,8-10H2,(H,20,24)(H3,19,21,22,23). The molecule has 138 valence electrons. The number of nitrogens with one attached hydrogen (secondary N) is 2. The first-order valence-corrected chi connectivity index (χ1v) is 9.22. The van der Waals surface area contributed by atoms with E-state index < -0.39 is 0 Å². The minimum atomic E-state index is -0.137. The van der Waals surface area contributed by atoms with Gasteiger partial charge in [-0.1, -0.05) is 30.0 Å². The van der Waals surface area contributed by atoms with E-state index in [0.29, 0.717) is 28.8 Å². The van der Waals surface area contributed by atoms with Crippen LogP contribution in [0.25, 0.3) is 0 Å². The van der Waals surface area contributed by atoms with Crippen LogP contribution in [-0.4, -0.2) is 27.9 Å². The van der Waals surface area contributed by atoms with Crippen LogP contribution in [0.4, 0.5) is 5.95 Å². The van der Waals surface area contributed by atoms with E-state index in [1.807, 2.05) is 36.4 Å². The molecule has 1 aliphatic rings. The third-order valence-electron chi connectivity index (χ3n) is 3.93. The zero-order chi connectivity index (χ0) is 18.6. The van der Waals surface area contributed by atoms with E-state index in [1.165, 1.54) is 11.8 Å². The highest BCUT2D eigenvalue weighted by molar-refractivity contribution is 7.98. The maximum absolute atomic E-state index is 12.5. The fourth-order valence-electron chi connectivity index (χ4n) is 2.61. The van der Waals surface area contributed by atoms with Crippen LogP contribution in [0.5, 0.6) is 11.5 Å². The van der Waals surface area contributed by atoms with Crippen LogP contribution in [-0.2, 0) is 12.3 Å². The predicted octanol–water partition coefficient (Wildman–Crippen LogP) is 2.34. The Bertz CT molecular complexity index is 975. The molecule has 4 N–H and O–H groups in total. The Balaban J connectivity index is 1.35. The smallest absolute Gasteiger partial charge is 0.251 e. The minimum Gasteiger partial charge on any atom is -0.454 e. The fraction of sp³-hybridized carbons (Fsp3) is 0.167. The van der Waals surface area contributed by atoms with E-state index in [9.17, 15) is 4.79 Å². The summed E-state index contributed by atoms with van der Waals surface area (Å²) >= 11 is 1.45. The lowest BCUT2D eigenvalue weighted by Crippen LogP contribution is -2.22. The van der Waals surface area contributed by atoms with Gasteiger partial charge in [0.05, 0.1) is 0 Å². The molecule has 0 radical (unpaired) electrons. The maximum atomic E-state index is 12.5. The molecule has 0 fully saturated rings. The summed E-state index contributed by atoms with van der Waals surface area (Å²) < 4.78 is 10.6. The van der Waals surface area contributed by atoms with Gasteiger partial charge in [0.15, 0.2) is 11.5 Å². The average molecular weight is 383 g/mol. The number of hydrogen-bond acceptors (Lipinski definition) is 7. The van der Waals surface area contributed by atoms with Gasteiger partial charge >= 0.3 is 0 Å². The predicted molar refractivity (Wildman–Crippen MR) is 101 cm³/mol. The second kappa shape index (κ2) is 7.58. The Morgan fingerprint density at radius 3 is 2.93 bits per heavy atom. The molecule has 3 aromatic rings. The molecule has 1 aromatic heterocycles. The normalized spacial score (nSPS) is 12.1. The van der Waals surface area contributed by atoms with Crippen LogP contribution >= 0.6 is 11.8 Å². The molecule has 1 amide bonds. The minimum absolute atomic E-state index is 0.137. The molecule has 0 saturated carbocycles. The first-order valence-electron chi connectivity index (χ1n) is 8.24. The first kappa shape index (κ1) is 17.2. The van der Waals surface area contributed by atoms with Gasteiger partial charge in [-0.05, 0) is 35.4 Å². The number of nitrogens with zero attached hydrogens (tertiary/aromatic N) is 2. The molecule has 0 bridgehead atoms. The van der Waals surface area contributed by atoms with Crippen LogP contribution < -0.4 is 20.5 Å². The number of carbonyl (C=O) groups is 1. The van der Waals surface area contributed by atoms with Crippen LogP contribution in [0.2, 0.25) is 0 Å². The van der Waals surface area contributed by atoms with Crippen molar-refractivity contribution < 1.29 is 14.3 Å². The summed E-state index contributed by atoms with van der Waals surface area (Å²) in [6.07, 6.45) is 0. The lowest BCUT2D eigenvalue weighted by atomic mass is 10.1. The number of anilines is 1. The Kier molecular flexibility index (Phi) is 4.84. The topological polar surface area (TPSA) is 115 Å². The molecule has 0 saturated heterocycles. The van der Waals surface area contributed by atoms with Gasteiger partial charge in [0.25, 0.3) is 5.91 Å². The van der Waals surface area contributed by atoms with E-state index in [4.69, 9.17) is 15.2 Å². The van der Waals surface area contributed by atoms with Crippen molar-refractivity contribution in [2.24, 2.45) is 0 Å². The molecule has 27 heavy (non-hydrogen) atoms. The number of aromatic amines is 1. The van der Waals surface area contributed by atoms with Crippen molar-refractivity contribution in [3.63, 3.8) is 0 Å². The van der Waals surface area contributed by atoms with Crippen molar-refractivity contribution in [1.82, 2.24) is 20.5 Å². The highest BCUT2D eigenvalue weighted by atomic mass is 32.2.